The van der Waals surface area contributed by atoms with E-state index in [1.165, 1.54) is 12.1 Å². The van der Waals surface area contributed by atoms with E-state index in [1.807, 2.05) is 24.3 Å². The summed E-state index contributed by atoms with van der Waals surface area (Å²) in [5, 5.41) is 8.22. The summed E-state index contributed by atoms with van der Waals surface area (Å²) in [6.07, 6.45) is 0. The van der Waals surface area contributed by atoms with Gasteiger partial charge in [0.1, 0.15) is 5.82 Å². The number of imidazole rings is 1. The summed E-state index contributed by atoms with van der Waals surface area (Å²) >= 11 is 0. The second-order valence-corrected chi connectivity index (χ2v) is 6.19. The van der Waals surface area contributed by atoms with Crippen LogP contribution in [0.3, 0.4) is 0 Å². The van der Waals surface area contributed by atoms with Gasteiger partial charge in [0.15, 0.2) is 0 Å². The second kappa shape index (κ2) is 6.35. The van der Waals surface area contributed by atoms with E-state index in [1.54, 1.807) is 12.1 Å². The summed E-state index contributed by atoms with van der Waals surface area (Å²) in [6, 6.07) is 14.1. The van der Waals surface area contributed by atoms with Crippen LogP contribution in [0.4, 0.5) is 5.69 Å². The van der Waals surface area contributed by atoms with Crippen molar-refractivity contribution in [3.05, 3.63) is 54.4 Å². The smallest absolute Gasteiger partial charge is 0.238 e. The van der Waals surface area contributed by atoms with Gasteiger partial charge in [-0.25, -0.2) is 18.5 Å². The molecule has 0 aliphatic rings. The number of halogens is 1. The van der Waals surface area contributed by atoms with Gasteiger partial charge in [-0.2, -0.15) is 0 Å². The summed E-state index contributed by atoms with van der Waals surface area (Å²) in [4.78, 5) is 7.76. The Morgan fingerprint density at radius 3 is 2.41 bits per heavy atom. The summed E-state index contributed by atoms with van der Waals surface area (Å²) in [6.45, 7) is 0.517. The highest BCUT2D eigenvalue weighted by Crippen LogP contribution is 2.15. The number of hydrogen-bond donors (Lipinski definition) is 3. The Bertz CT molecular complexity index is 842. The number of benzene rings is 2. The minimum atomic E-state index is -3.65. The molecule has 22 heavy (non-hydrogen) atoms. The zero-order valence-electron chi connectivity index (χ0n) is 11.5. The lowest BCUT2D eigenvalue weighted by Gasteiger charge is -2.05. The van der Waals surface area contributed by atoms with Crippen molar-refractivity contribution in [2.45, 2.75) is 11.4 Å². The number of sulfonamides is 1. The predicted octanol–water partition coefficient (Wildman–Crippen LogP) is 2.24. The van der Waals surface area contributed by atoms with Crippen LogP contribution >= 0.6 is 12.4 Å². The maximum atomic E-state index is 11.2. The molecule has 0 atom stereocenters. The third-order valence-electron chi connectivity index (χ3n) is 3.08. The Kier molecular flexibility index (Phi) is 4.70. The van der Waals surface area contributed by atoms with E-state index >= 15 is 0 Å². The number of aromatic nitrogens is 2. The average molecular weight is 339 g/mol. The van der Waals surface area contributed by atoms with E-state index in [0.717, 1.165) is 22.5 Å². The minimum absolute atomic E-state index is 0. The molecule has 0 saturated carbocycles. The molecule has 0 unspecified atom stereocenters. The molecular formula is C14H15ClN4O2S. The van der Waals surface area contributed by atoms with Gasteiger partial charge in [-0.05, 0) is 36.4 Å². The van der Waals surface area contributed by atoms with E-state index in [4.69, 9.17) is 5.14 Å². The molecule has 0 bridgehead atoms. The Morgan fingerprint density at radius 1 is 1.09 bits per heavy atom. The molecule has 1 heterocycles. The Hall–Kier alpha value is -2.09. The molecular weight excluding hydrogens is 324 g/mol. The fraction of sp³-hybridized carbons (Fsp3) is 0.0714. The largest absolute Gasteiger partial charge is 0.378 e. The molecule has 2 aromatic carbocycles. The van der Waals surface area contributed by atoms with E-state index < -0.39 is 10.0 Å². The van der Waals surface area contributed by atoms with Crippen LogP contribution < -0.4 is 10.5 Å². The van der Waals surface area contributed by atoms with Crippen LogP contribution in [-0.2, 0) is 16.6 Å². The lowest BCUT2D eigenvalue weighted by atomic mass is 10.3. The van der Waals surface area contributed by atoms with Crippen molar-refractivity contribution in [2.24, 2.45) is 5.14 Å². The van der Waals surface area contributed by atoms with Crippen molar-refractivity contribution in [1.82, 2.24) is 9.97 Å². The minimum Gasteiger partial charge on any atom is -0.378 e. The molecule has 3 aromatic rings. The molecule has 3 rings (SSSR count). The summed E-state index contributed by atoms with van der Waals surface area (Å²) in [5.74, 6) is 0.812. The number of rotatable bonds is 4. The fourth-order valence-corrected chi connectivity index (χ4v) is 2.55. The van der Waals surface area contributed by atoms with E-state index in [2.05, 4.69) is 15.3 Å². The second-order valence-electron chi connectivity index (χ2n) is 4.62. The van der Waals surface area contributed by atoms with Crippen LogP contribution in [-0.4, -0.2) is 18.4 Å². The predicted molar refractivity (Wildman–Crippen MR) is 88.5 cm³/mol. The number of nitrogens with one attached hydrogen (secondary N) is 2. The number of para-hydroxylation sites is 2. The van der Waals surface area contributed by atoms with Gasteiger partial charge in [-0.1, -0.05) is 12.1 Å². The normalized spacial score (nSPS) is 11.1. The highest BCUT2D eigenvalue weighted by molar-refractivity contribution is 7.89. The summed E-state index contributed by atoms with van der Waals surface area (Å²) in [5.41, 5.74) is 2.70. The van der Waals surface area contributed by atoms with Crippen molar-refractivity contribution in [2.75, 3.05) is 5.32 Å². The first-order valence-corrected chi connectivity index (χ1v) is 7.87. The number of nitrogens with zero attached hydrogens (tertiary/aromatic N) is 1. The number of primary sulfonamides is 1. The highest BCUT2D eigenvalue weighted by atomic mass is 35.5. The van der Waals surface area contributed by atoms with Crippen LogP contribution in [0.25, 0.3) is 11.0 Å². The molecule has 0 amide bonds. The molecule has 1 aromatic heterocycles. The first-order chi connectivity index (χ1) is 10.0. The molecule has 4 N–H and O–H groups in total. The zero-order valence-corrected chi connectivity index (χ0v) is 13.1. The number of H-pyrrole nitrogens is 1. The van der Waals surface area contributed by atoms with Crippen molar-refractivity contribution in [1.29, 1.82) is 0 Å². The van der Waals surface area contributed by atoms with E-state index in [9.17, 15) is 8.42 Å². The molecule has 6 nitrogen and oxygen atoms in total. The SMILES string of the molecule is Cl.NS(=O)(=O)c1ccc(NCc2nc3ccccc3[nH]2)cc1. The van der Waals surface area contributed by atoms with Crippen LogP contribution in [0.1, 0.15) is 5.82 Å². The number of anilines is 1. The average Bonchev–Trinajstić information content (AvgIpc) is 2.87. The van der Waals surface area contributed by atoms with Crippen molar-refractivity contribution < 1.29 is 8.42 Å². The summed E-state index contributed by atoms with van der Waals surface area (Å²) < 4.78 is 22.3. The Labute approximate surface area is 134 Å². The van der Waals surface area contributed by atoms with Crippen molar-refractivity contribution >= 4 is 39.2 Å². The molecule has 0 saturated heterocycles. The van der Waals surface area contributed by atoms with Crippen LogP contribution in [0.2, 0.25) is 0 Å². The van der Waals surface area contributed by atoms with Gasteiger partial charge in [0.25, 0.3) is 0 Å². The van der Waals surface area contributed by atoms with Gasteiger partial charge < -0.3 is 10.3 Å². The molecule has 0 spiro atoms. The van der Waals surface area contributed by atoms with Gasteiger partial charge in [0.2, 0.25) is 10.0 Å². The van der Waals surface area contributed by atoms with Gasteiger partial charge in [0.05, 0.1) is 22.5 Å². The third-order valence-corrected chi connectivity index (χ3v) is 4.01. The molecule has 8 heteroatoms. The lowest BCUT2D eigenvalue weighted by molar-refractivity contribution is 0.598. The molecule has 0 radical (unpaired) electrons. The van der Waals surface area contributed by atoms with Crippen molar-refractivity contribution in [3.63, 3.8) is 0 Å². The maximum Gasteiger partial charge on any atom is 0.238 e. The van der Waals surface area contributed by atoms with Crippen LogP contribution in [0.15, 0.2) is 53.4 Å². The van der Waals surface area contributed by atoms with Gasteiger partial charge >= 0.3 is 0 Å². The van der Waals surface area contributed by atoms with E-state index in [0.29, 0.717) is 6.54 Å². The first kappa shape index (κ1) is 16.3. The lowest BCUT2D eigenvalue weighted by Crippen LogP contribution is -2.12. The van der Waals surface area contributed by atoms with Crippen LogP contribution in [0.5, 0.6) is 0 Å². The number of fused-ring (bicyclic) bond motifs is 1. The third kappa shape index (κ3) is 3.56. The molecule has 116 valence electrons. The zero-order chi connectivity index (χ0) is 14.9. The Balaban J connectivity index is 0.00000176. The number of nitrogens with two attached hydrogens (primary N) is 1. The van der Waals surface area contributed by atoms with Crippen LogP contribution in [0, 0.1) is 0 Å². The maximum absolute atomic E-state index is 11.2. The quantitative estimate of drug-likeness (QED) is 0.679. The standard InChI is InChI=1S/C14H14N4O2S.ClH/c15-21(19,20)11-7-5-10(6-8-11)16-9-14-17-12-3-1-2-4-13(12)18-14;/h1-8,16H,9H2,(H,17,18)(H2,15,19,20);1H. The summed E-state index contributed by atoms with van der Waals surface area (Å²) in [7, 11) is -3.65. The van der Waals surface area contributed by atoms with Gasteiger partial charge in [0, 0.05) is 5.69 Å². The highest BCUT2D eigenvalue weighted by Gasteiger charge is 2.07. The Morgan fingerprint density at radius 2 is 1.77 bits per heavy atom. The molecule has 0 fully saturated rings. The monoisotopic (exact) mass is 338 g/mol. The first-order valence-electron chi connectivity index (χ1n) is 6.33. The van der Waals surface area contributed by atoms with Gasteiger partial charge in [-0.3, -0.25) is 0 Å². The number of hydrogen-bond acceptors (Lipinski definition) is 4. The molecule has 0 aliphatic heterocycles. The fourth-order valence-electron chi connectivity index (χ4n) is 2.04. The van der Waals surface area contributed by atoms with E-state index in [-0.39, 0.29) is 17.3 Å². The van der Waals surface area contributed by atoms with Crippen molar-refractivity contribution in [3.8, 4) is 0 Å². The number of aromatic amines is 1. The van der Waals surface area contributed by atoms with Gasteiger partial charge in [-0.15, -0.1) is 12.4 Å². The molecule has 0 aliphatic carbocycles. The topological polar surface area (TPSA) is 101 Å².